The number of carbonyl (C=O) groups excluding carboxylic acids is 1. The molecule has 19 heavy (non-hydrogen) atoms. The summed E-state index contributed by atoms with van der Waals surface area (Å²) in [5.41, 5.74) is 3.03. The number of anilines is 1. The molecule has 3 heteroatoms. The number of amides is 1. The summed E-state index contributed by atoms with van der Waals surface area (Å²) in [7, 11) is 1.91. The molecule has 1 aromatic rings. The van der Waals surface area contributed by atoms with Gasteiger partial charge < -0.3 is 10.2 Å². The van der Waals surface area contributed by atoms with Crippen molar-refractivity contribution in [3.05, 3.63) is 29.3 Å². The number of hydrogen-bond acceptors (Lipinski definition) is 2. The molecule has 0 unspecified atom stereocenters. The number of nitrogens with one attached hydrogen (secondary N) is 1. The summed E-state index contributed by atoms with van der Waals surface area (Å²) < 4.78 is 0. The highest BCUT2D eigenvalue weighted by atomic mass is 16.2. The van der Waals surface area contributed by atoms with Crippen molar-refractivity contribution in [3.63, 3.8) is 0 Å². The highest BCUT2D eigenvalue weighted by Gasteiger charge is 2.22. The average molecular weight is 260 g/mol. The van der Waals surface area contributed by atoms with Crippen LogP contribution in [0, 0.1) is 12.8 Å². The molecule has 104 valence electrons. The van der Waals surface area contributed by atoms with Crippen molar-refractivity contribution < 1.29 is 4.79 Å². The summed E-state index contributed by atoms with van der Waals surface area (Å²) in [4.78, 5) is 14.2. The van der Waals surface area contributed by atoms with E-state index in [0.29, 0.717) is 0 Å². The minimum atomic E-state index is 0.137. The molecule has 0 bridgehead atoms. The van der Waals surface area contributed by atoms with Gasteiger partial charge in [0, 0.05) is 31.4 Å². The summed E-state index contributed by atoms with van der Waals surface area (Å²) in [6, 6.07) is 5.91. The zero-order valence-electron chi connectivity index (χ0n) is 12.2. The molecule has 2 rings (SSSR count). The van der Waals surface area contributed by atoms with Crippen LogP contribution in [0.25, 0.3) is 0 Å². The number of aryl methyl sites for hydroxylation is 1. The van der Waals surface area contributed by atoms with Crippen LogP contribution in [0.4, 0.5) is 5.69 Å². The number of benzene rings is 1. The quantitative estimate of drug-likeness (QED) is 0.881. The fourth-order valence-electron chi connectivity index (χ4n) is 2.55. The van der Waals surface area contributed by atoms with Crippen LogP contribution in [-0.2, 0) is 0 Å². The average Bonchev–Trinajstić information content (AvgIpc) is 2.35. The molecule has 1 aliphatic carbocycles. The standard InChI is InChI=1S/C16H24N2O/c1-4-17-15-9-8-14(10-12(15)2)16(19)18(3)11-13-6-5-7-13/h8-10,13,17H,4-7,11H2,1-3H3. The van der Waals surface area contributed by atoms with E-state index in [0.717, 1.165) is 35.8 Å². The van der Waals surface area contributed by atoms with Crippen LogP contribution < -0.4 is 5.32 Å². The van der Waals surface area contributed by atoms with Gasteiger partial charge in [-0.3, -0.25) is 4.79 Å². The lowest BCUT2D eigenvalue weighted by atomic mass is 9.85. The summed E-state index contributed by atoms with van der Waals surface area (Å²) in [6.45, 7) is 5.91. The minimum absolute atomic E-state index is 0.137. The summed E-state index contributed by atoms with van der Waals surface area (Å²) in [5.74, 6) is 0.856. The summed E-state index contributed by atoms with van der Waals surface area (Å²) >= 11 is 0. The van der Waals surface area contributed by atoms with E-state index in [1.54, 1.807) is 0 Å². The van der Waals surface area contributed by atoms with Crippen molar-refractivity contribution in [2.24, 2.45) is 5.92 Å². The zero-order valence-corrected chi connectivity index (χ0v) is 12.2. The second kappa shape index (κ2) is 6.09. The van der Waals surface area contributed by atoms with Gasteiger partial charge in [0.25, 0.3) is 5.91 Å². The predicted molar refractivity (Wildman–Crippen MR) is 79.6 cm³/mol. The molecular formula is C16H24N2O. The molecule has 0 heterocycles. The SMILES string of the molecule is CCNc1ccc(C(=O)N(C)CC2CCC2)cc1C. The van der Waals surface area contributed by atoms with Gasteiger partial charge in [0.2, 0.25) is 0 Å². The van der Waals surface area contributed by atoms with E-state index in [1.807, 2.05) is 37.1 Å². The molecule has 0 aliphatic heterocycles. The van der Waals surface area contributed by atoms with E-state index >= 15 is 0 Å². The lowest BCUT2D eigenvalue weighted by Gasteiger charge is -2.30. The third kappa shape index (κ3) is 3.28. The molecular weight excluding hydrogens is 236 g/mol. The Morgan fingerprint density at radius 2 is 2.16 bits per heavy atom. The third-order valence-corrected chi connectivity index (χ3v) is 3.94. The molecule has 0 aromatic heterocycles. The minimum Gasteiger partial charge on any atom is -0.385 e. The molecule has 3 nitrogen and oxygen atoms in total. The third-order valence-electron chi connectivity index (χ3n) is 3.94. The van der Waals surface area contributed by atoms with E-state index in [2.05, 4.69) is 12.2 Å². The van der Waals surface area contributed by atoms with Gasteiger partial charge in [0.15, 0.2) is 0 Å². The lowest BCUT2D eigenvalue weighted by molar-refractivity contribution is 0.0745. The summed E-state index contributed by atoms with van der Waals surface area (Å²) in [5, 5.41) is 3.30. The first-order chi connectivity index (χ1) is 9.11. The monoisotopic (exact) mass is 260 g/mol. The van der Waals surface area contributed by atoms with Gasteiger partial charge in [-0.1, -0.05) is 6.42 Å². The largest absolute Gasteiger partial charge is 0.385 e. The number of carbonyl (C=O) groups is 1. The van der Waals surface area contributed by atoms with Gasteiger partial charge in [-0.15, -0.1) is 0 Å². The fourth-order valence-corrected chi connectivity index (χ4v) is 2.55. The fraction of sp³-hybridized carbons (Fsp3) is 0.562. The van der Waals surface area contributed by atoms with Crippen molar-refractivity contribution >= 4 is 11.6 Å². The van der Waals surface area contributed by atoms with Crippen LogP contribution in [0.1, 0.15) is 42.1 Å². The van der Waals surface area contributed by atoms with Crippen molar-refractivity contribution in [1.29, 1.82) is 0 Å². The molecule has 1 aliphatic rings. The van der Waals surface area contributed by atoms with E-state index < -0.39 is 0 Å². The Bertz CT molecular complexity index is 452. The molecule has 0 radical (unpaired) electrons. The van der Waals surface area contributed by atoms with Crippen molar-refractivity contribution in [2.75, 3.05) is 25.5 Å². The maximum absolute atomic E-state index is 12.3. The Labute approximate surface area is 116 Å². The molecule has 1 aromatic carbocycles. The van der Waals surface area contributed by atoms with Gasteiger partial charge in [-0.05, 0) is 56.4 Å². The molecule has 1 fully saturated rings. The second-order valence-corrected chi connectivity index (χ2v) is 5.54. The Hall–Kier alpha value is -1.51. The Morgan fingerprint density at radius 3 is 2.68 bits per heavy atom. The van der Waals surface area contributed by atoms with Crippen LogP contribution in [0.15, 0.2) is 18.2 Å². The number of nitrogens with zero attached hydrogens (tertiary/aromatic N) is 1. The molecule has 1 N–H and O–H groups in total. The maximum Gasteiger partial charge on any atom is 0.253 e. The Morgan fingerprint density at radius 1 is 1.42 bits per heavy atom. The molecule has 0 spiro atoms. The molecule has 1 amide bonds. The van der Waals surface area contributed by atoms with Crippen LogP contribution in [0.2, 0.25) is 0 Å². The van der Waals surface area contributed by atoms with Crippen LogP contribution in [-0.4, -0.2) is 30.9 Å². The van der Waals surface area contributed by atoms with E-state index in [-0.39, 0.29) is 5.91 Å². The predicted octanol–water partition coefficient (Wildman–Crippen LogP) is 3.30. The number of rotatable bonds is 5. The van der Waals surface area contributed by atoms with Crippen LogP contribution in [0.3, 0.4) is 0 Å². The first-order valence-corrected chi connectivity index (χ1v) is 7.21. The first kappa shape index (κ1) is 13.9. The topological polar surface area (TPSA) is 32.3 Å². The van der Waals surface area contributed by atoms with E-state index in [1.165, 1.54) is 19.3 Å². The normalized spacial score (nSPS) is 14.9. The van der Waals surface area contributed by atoms with E-state index in [9.17, 15) is 4.79 Å². The van der Waals surface area contributed by atoms with Crippen LogP contribution >= 0.6 is 0 Å². The van der Waals surface area contributed by atoms with Gasteiger partial charge in [0.05, 0.1) is 0 Å². The highest BCUT2D eigenvalue weighted by molar-refractivity contribution is 5.94. The highest BCUT2D eigenvalue weighted by Crippen LogP contribution is 2.27. The number of hydrogen-bond donors (Lipinski definition) is 1. The Kier molecular flexibility index (Phi) is 4.46. The first-order valence-electron chi connectivity index (χ1n) is 7.21. The van der Waals surface area contributed by atoms with Crippen LogP contribution in [0.5, 0.6) is 0 Å². The lowest BCUT2D eigenvalue weighted by Crippen LogP contribution is -2.34. The van der Waals surface area contributed by atoms with Crippen molar-refractivity contribution in [2.45, 2.75) is 33.1 Å². The van der Waals surface area contributed by atoms with Crippen molar-refractivity contribution in [1.82, 2.24) is 4.90 Å². The van der Waals surface area contributed by atoms with Gasteiger partial charge in [-0.25, -0.2) is 0 Å². The van der Waals surface area contributed by atoms with Gasteiger partial charge >= 0.3 is 0 Å². The van der Waals surface area contributed by atoms with Gasteiger partial charge in [-0.2, -0.15) is 0 Å². The summed E-state index contributed by atoms with van der Waals surface area (Å²) in [6.07, 6.45) is 3.87. The Balaban J connectivity index is 2.03. The molecule has 1 saturated carbocycles. The molecule has 0 atom stereocenters. The molecule has 0 saturated heterocycles. The smallest absolute Gasteiger partial charge is 0.253 e. The zero-order chi connectivity index (χ0) is 13.8. The van der Waals surface area contributed by atoms with E-state index in [4.69, 9.17) is 0 Å². The second-order valence-electron chi connectivity index (χ2n) is 5.54. The van der Waals surface area contributed by atoms with Gasteiger partial charge in [0.1, 0.15) is 0 Å². The van der Waals surface area contributed by atoms with Crippen molar-refractivity contribution in [3.8, 4) is 0 Å². The maximum atomic E-state index is 12.3.